The molecule has 0 aromatic rings. The molecule has 0 aromatic heterocycles. The number of ether oxygens (including phenoxy) is 2. The fraction of sp³-hybridized carbons (Fsp3) is 0.917. The Morgan fingerprint density at radius 1 is 1.27 bits per heavy atom. The maximum atomic E-state index is 12.0. The highest BCUT2D eigenvalue weighted by Crippen LogP contribution is 2.25. The minimum atomic E-state index is -0.329. The van der Waals surface area contributed by atoms with Crippen LogP contribution in [-0.2, 0) is 14.3 Å². The highest BCUT2D eigenvalue weighted by Gasteiger charge is 2.33. The van der Waals surface area contributed by atoms with Gasteiger partial charge in [0, 0.05) is 26.7 Å². The quantitative estimate of drug-likeness (QED) is 0.683. The largest absolute Gasteiger partial charge is 0.385 e. The third-order valence-electron chi connectivity index (χ3n) is 2.52. The van der Waals surface area contributed by atoms with Gasteiger partial charge in [-0.1, -0.05) is 27.7 Å². The molecule has 0 aliphatic carbocycles. The van der Waals surface area contributed by atoms with Crippen molar-refractivity contribution < 1.29 is 14.3 Å². The zero-order valence-electron chi connectivity index (χ0n) is 10.8. The SMILES string of the molecule is COCCC(C)C(=O)C(OC)C(C)(C)C. The topological polar surface area (TPSA) is 35.5 Å². The fourth-order valence-corrected chi connectivity index (χ4v) is 1.59. The van der Waals surface area contributed by atoms with Crippen molar-refractivity contribution in [2.24, 2.45) is 11.3 Å². The maximum Gasteiger partial charge on any atom is 0.164 e. The van der Waals surface area contributed by atoms with Gasteiger partial charge in [0.25, 0.3) is 0 Å². The summed E-state index contributed by atoms with van der Waals surface area (Å²) < 4.78 is 10.3. The van der Waals surface area contributed by atoms with E-state index in [9.17, 15) is 4.79 Å². The van der Waals surface area contributed by atoms with Crippen LogP contribution in [0.25, 0.3) is 0 Å². The van der Waals surface area contributed by atoms with E-state index >= 15 is 0 Å². The summed E-state index contributed by atoms with van der Waals surface area (Å²) in [4.78, 5) is 12.0. The second-order valence-corrected chi connectivity index (χ2v) is 5.07. The van der Waals surface area contributed by atoms with Crippen LogP contribution >= 0.6 is 0 Å². The molecule has 0 heterocycles. The third kappa shape index (κ3) is 4.76. The van der Waals surface area contributed by atoms with Crippen molar-refractivity contribution in [1.82, 2.24) is 0 Å². The zero-order chi connectivity index (χ0) is 12.1. The van der Waals surface area contributed by atoms with Crippen molar-refractivity contribution in [3.05, 3.63) is 0 Å². The van der Waals surface area contributed by atoms with Gasteiger partial charge in [-0.05, 0) is 11.8 Å². The third-order valence-corrected chi connectivity index (χ3v) is 2.52. The fourth-order valence-electron chi connectivity index (χ4n) is 1.59. The summed E-state index contributed by atoms with van der Waals surface area (Å²) in [5.41, 5.74) is -0.146. The summed E-state index contributed by atoms with van der Waals surface area (Å²) in [5, 5.41) is 0. The van der Waals surface area contributed by atoms with Crippen LogP contribution in [0.1, 0.15) is 34.1 Å². The van der Waals surface area contributed by atoms with Gasteiger partial charge < -0.3 is 9.47 Å². The number of ketones is 1. The summed E-state index contributed by atoms with van der Waals surface area (Å²) in [7, 11) is 3.24. The number of carbonyl (C=O) groups excluding carboxylic acids is 1. The Bertz CT molecular complexity index is 194. The molecule has 0 N–H and O–H groups in total. The normalized spacial score (nSPS) is 16.1. The van der Waals surface area contributed by atoms with Crippen molar-refractivity contribution in [1.29, 1.82) is 0 Å². The van der Waals surface area contributed by atoms with Gasteiger partial charge in [0.15, 0.2) is 5.78 Å². The minimum absolute atomic E-state index is 0.00544. The Kier molecular flexibility index (Phi) is 6.06. The Hall–Kier alpha value is -0.410. The predicted octanol–water partition coefficient (Wildman–Crippen LogP) is 2.29. The van der Waals surface area contributed by atoms with E-state index in [1.54, 1.807) is 14.2 Å². The van der Waals surface area contributed by atoms with Crippen LogP contribution in [0.2, 0.25) is 0 Å². The molecule has 0 aromatic carbocycles. The number of carbonyl (C=O) groups is 1. The smallest absolute Gasteiger partial charge is 0.164 e. The molecular formula is C12H24O3. The van der Waals surface area contributed by atoms with Crippen molar-refractivity contribution in [2.75, 3.05) is 20.8 Å². The lowest BCUT2D eigenvalue weighted by Crippen LogP contribution is -2.39. The van der Waals surface area contributed by atoms with Gasteiger partial charge in [-0.25, -0.2) is 0 Å². The van der Waals surface area contributed by atoms with Crippen LogP contribution in [0.15, 0.2) is 0 Å². The molecule has 0 radical (unpaired) electrons. The number of methoxy groups -OCH3 is 2. The molecule has 3 nitrogen and oxygen atoms in total. The molecule has 90 valence electrons. The summed E-state index contributed by atoms with van der Waals surface area (Å²) in [6.45, 7) is 8.60. The maximum absolute atomic E-state index is 12.0. The Morgan fingerprint density at radius 3 is 2.13 bits per heavy atom. The molecule has 0 saturated heterocycles. The Balaban J connectivity index is 4.39. The number of hydrogen-bond acceptors (Lipinski definition) is 3. The highest BCUT2D eigenvalue weighted by molar-refractivity contribution is 5.85. The first kappa shape index (κ1) is 14.6. The van der Waals surface area contributed by atoms with Crippen LogP contribution in [0.4, 0.5) is 0 Å². The first-order chi connectivity index (χ1) is 6.84. The molecular weight excluding hydrogens is 192 g/mol. The van der Waals surface area contributed by atoms with Crippen LogP contribution in [0, 0.1) is 11.3 Å². The van der Waals surface area contributed by atoms with Gasteiger partial charge >= 0.3 is 0 Å². The van der Waals surface area contributed by atoms with E-state index in [1.165, 1.54) is 0 Å². The van der Waals surface area contributed by atoms with Crippen LogP contribution in [-0.4, -0.2) is 32.7 Å². The van der Waals surface area contributed by atoms with Crippen molar-refractivity contribution in [2.45, 2.75) is 40.2 Å². The van der Waals surface area contributed by atoms with Crippen molar-refractivity contribution >= 4 is 5.78 Å². The minimum Gasteiger partial charge on any atom is -0.385 e. The van der Waals surface area contributed by atoms with Gasteiger partial charge in [-0.15, -0.1) is 0 Å². The molecule has 0 bridgehead atoms. The Labute approximate surface area is 93.1 Å². The van der Waals surface area contributed by atoms with Crippen LogP contribution in [0.5, 0.6) is 0 Å². The van der Waals surface area contributed by atoms with Gasteiger partial charge in [0.05, 0.1) is 0 Å². The Morgan fingerprint density at radius 2 is 1.80 bits per heavy atom. The van der Waals surface area contributed by atoms with Crippen molar-refractivity contribution in [3.63, 3.8) is 0 Å². The number of rotatable bonds is 6. The summed E-state index contributed by atoms with van der Waals surface area (Å²) >= 11 is 0. The molecule has 15 heavy (non-hydrogen) atoms. The second kappa shape index (κ2) is 6.23. The van der Waals surface area contributed by atoms with E-state index in [2.05, 4.69) is 0 Å². The molecule has 0 aliphatic heterocycles. The summed E-state index contributed by atoms with van der Waals surface area (Å²) in [5.74, 6) is 0.163. The first-order valence-corrected chi connectivity index (χ1v) is 5.40. The summed E-state index contributed by atoms with van der Waals surface area (Å²) in [6, 6.07) is 0. The number of Topliss-reactive ketones (excluding diaryl/α,β-unsaturated/α-hetero) is 1. The van der Waals surface area contributed by atoms with Gasteiger partial charge in [-0.2, -0.15) is 0 Å². The monoisotopic (exact) mass is 216 g/mol. The molecule has 0 fully saturated rings. The van der Waals surface area contributed by atoms with Gasteiger partial charge in [0.1, 0.15) is 6.10 Å². The summed E-state index contributed by atoms with van der Waals surface area (Å²) in [6.07, 6.45) is 0.426. The average Bonchev–Trinajstić information content (AvgIpc) is 2.12. The molecule has 2 atom stereocenters. The van der Waals surface area contributed by atoms with E-state index in [0.717, 1.165) is 6.42 Å². The van der Waals surface area contributed by atoms with Crippen LogP contribution in [0.3, 0.4) is 0 Å². The average molecular weight is 216 g/mol. The predicted molar refractivity (Wildman–Crippen MR) is 60.9 cm³/mol. The second-order valence-electron chi connectivity index (χ2n) is 5.07. The van der Waals surface area contributed by atoms with E-state index < -0.39 is 0 Å². The van der Waals surface area contributed by atoms with Gasteiger partial charge in [0.2, 0.25) is 0 Å². The van der Waals surface area contributed by atoms with E-state index in [0.29, 0.717) is 6.61 Å². The van der Waals surface area contributed by atoms with Crippen molar-refractivity contribution in [3.8, 4) is 0 Å². The molecule has 0 saturated carbocycles. The molecule has 0 amide bonds. The van der Waals surface area contributed by atoms with Gasteiger partial charge in [-0.3, -0.25) is 4.79 Å². The van der Waals surface area contributed by atoms with Crippen LogP contribution < -0.4 is 0 Å². The molecule has 0 spiro atoms. The lowest BCUT2D eigenvalue weighted by atomic mass is 9.82. The highest BCUT2D eigenvalue weighted by atomic mass is 16.5. The molecule has 0 rings (SSSR count). The van der Waals surface area contributed by atoms with E-state index in [1.807, 2.05) is 27.7 Å². The number of hydrogen-bond donors (Lipinski definition) is 0. The first-order valence-electron chi connectivity index (χ1n) is 5.40. The molecule has 0 aliphatic rings. The standard InChI is InChI=1S/C12H24O3/c1-9(7-8-14-5)10(13)11(15-6)12(2,3)4/h9,11H,7-8H2,1-6H3. The van der Waals surface area contributed by atoms with E-state index in [-0.39, 0.29) is 23.2 Å². The zero-order valence-corrected chi connectivity index (χ0v) is 10.8. The lowest BCUT2D eigenvalue weighted by Gasteiger charge is -2.30. The lowest BCUT2D eigenvalue weighted by molar-refractivity contribution is -0.139. The van der Waals surface area contributed by atoms with E-state index in [4.69, 9.17) is 9.47 Å². The molecule has 3 heteroatoms. The molecule has 2 unspecified atom stereocenters.